The normalized spacial score (nSPS) is 11.6. The summed E-state index contributed by atoms with van der Waals surface area (Å²) in [4.78, 5) is 31.2. The zero-order valence-electron chi connectivity index (χ0n) is 15.8. The second kappa shape index (κ2) is 7.64. The smallest absolute Gasteiger partial charge is 0.335 e. The van der Waals surface area contributed by atoms with E-state index < -0.39 is 17.1 Å². The second-order valence-corrected chi connectivity index (χ2v) is 6.61. The average Bonchev–Trinajstić information content (AvgIpc) is 2.62. The minimum absolute atomic E-state index is 0.0818. The van der Waals surface area contributed by atoms with Gasteiger partial charge in [-0.3, -0.25) is 14.8 Å². The van der Waals surface area contributed by atoms with E-state index in [1.807, 2.05) is 26.0 Å². The molecule has 1 aromatic heterocycles. The van der Waals surface area contributed by atoms with Crippen LogP contribution in [-0.2, 0) is 6.54 Å². The number of hydrogen-bond acceptors (Lipinski definition) is 4. The third kappa shape index (κ3) is 3.78. The molecule has 0 atom stereocenters. The zero-order valence-corrected chi connectivity index (χ0v) is 15.8. The van der Waals surface area contributed by atoms with Crippen LogP contribution in [0.15, 0.2) is 57.0 Å². The van der Waals surface area contributed by atoms with Crippen molar-refractivity contribution in [1.29, 1.82) is 0 Å². The molecule has 3 rings (SSSR count). The first-order valence-electron chi connectivity index (χ1n) is 8.69. The van der Waals surface area contributed by atoms with Crippen molar-refractivity contribution in [1.82, 2.24) is 9.55 Å². The largest absolute Gasteiger partial charge is 0.493 e. The summed E-state index contributed by atoms with van der Waals surface area (Å²) >= 11 is 0. The number of aliphatic imine (C=N–C) groups is 1. The van der Waals surface area contributed by atoms with Crippen LogP contribution in [0.5, 0.6) is 5.88 Å². The first-order chi connectivity index (χ1) is 13.3. The summed E-state index contributed by atoms with van der Waals surface area (Å²) in [5.41, 5.74) is 1.74. The van der Waals surface area contributed by atoms with Crippen LogP contribution in [0.3, 0.4) is 0 Å². The molecule has 7 heteroatoms. The van der Waals surface area contributed by atoms with E-state index in [0.717, 1.165) is 21.3 Å². The summed E-state index contributed by atoms with van der Waals surface area (Å²) in [7, 11) is 0. The number of hydrogen-bond donors (Lipinski definition) is 2. The van der Waals surface area contributed by atoms with Gasteiger partial charge in [-0.05, 0) is 50.1 Å². The molecule has 0 spiro atoms. The Balaban J connectivity index is 2.08. The van der Waals surface area contributed by atoms with Crippen LogP contribution in [0.4, 0.5) is 4.39 Å². The minimum atomic E-state index is -0.732. The van der Waals surface area contributed by atoms with Gasteiger partial charge in [-0.1, -0.05) is 29.8 Å². The molecule has 0 fully saturated rings. The highest BCUT2D eigenvalue weighted by atomic mass is 19.1. The standard InChI is InChI=1S/C21H20FN3O3/c1-12-4-9-17(13(2)10-12)25-20(27)18(19(26)24-21(25)28)14(3)23-11-15-5-7-16(22)8-6-15/h4-10,27H,11H2,1-3H3,(H,24,26,28). The fraction of sp³-hybridized carbons (Fsp3) is 0.190. The van der Waals surface area contributed by atoms with E-state index in [-0.39, 0.29) is 23.6 Å². The molecule has 0 saturated heterocycles. The van der Waals surface area contributed by atoms with Gasteiger partial charge >= 0.3 is 5.69 Å². The van der Waals surface area contributed by atoms with Crippen LogP contribution >= 0.6 is 0 Å². The highest BCUT2D eigenvalue weighted by Crippen LogP contribution is 2.21. The molecule has 0 aliphatic heterocycles. The number of aromatic amines is 1. The first-order valence-corrected chi connectivity index (χ1v) is 8.69. The Hall–Kier alpha value is -3.48. The molecule has 2 N–H and O–H groups in total. The number of aryl methyl sites for hydroxylation is 2. The molecule has 0 aliphatic rings. The van der Waals surface area contributed by atoms with E-state index in [2.05, 4.69) is 9.98 Å². The average molecular weight is 381 g/mol. The van der Waals surface area contributed by atoms with Crippen molar-refractivity contribution in [2.45, 2.75) is 27.3 Å². The number of rotatable bonds is 4. The summed E-state index contributed by atoms with van der Waals surface area (Å²) < 4.78 is 14.1. The molecule has 0 amide bonds. The number of benzene rings is 2. The lowest BCUT2D eigenvalue weighted by Crippen LogP contribution is -2.33. The summed E-state index contributed by atoms with van der Waals surface area (Å²) in [5.74, 6) is -0.819. The topological polar surface area (TPSA) is 87.4 Å². The maximum atomic E-state index is 13.0. The van der Waals surface area contributed by atoms with Crippen molar-refractivity contribution >= 4 is 5.71 Å². The lowest BCUT2D eigenvalue weighted by Gasteiger charge is -2.14. The molecule has 144 valence electrons. The van der Waals surface area contributed by atoms with E-state index in [0.29, 0.717) is 5.69 Å². The van der Waals surface area contributed by atoms with Crippen molar-refractivity contribution < 1.29 is 9.50 Å². The first kappa shape index (κ1) is 19.3. The molecular weight excluding hydrogens is 361 g/mol. The summed E-state index contributed by atoms with van der Waals surface area (Å²) in [6.45, 7) is 5.51. The van der Waals surface area contributed by atoms with Gasteiger partial charge in [-0.15, -0.1) is 0 Å². The van der Waals surface area contributed by atoms with Crippen LogP contribution in [0.1, 0.15) is 29.2 Å². The monoisotopic (exact) mass is 381 g/mol. The quantitative estimate of drug-likeness (QED) is 0.681. The molecule has 2 aromatic carbocycles. The molecule has 6 nitrogen and oxygen atoms in total. The molecule has 0 saturated carbocycles. The Kier molecular flexibility index (Phi) is 5.26. The van der Waals surface area contributed by atoms with E-state index in [4.69, 9.17) is 0 Å². The summed E-state index contributed by atoms with van der Waals surface area (Å²) in [6, 6.07) is 11.2. The Bertz CT molecular complexity index is 1170. The maximum absolute atomic E-state index is 13.0. The number of nitrogens with zero attached hydrogens (tertiary/aromatic N) is 2. The van der Waals surface area contributed by atoms with E-state index >= 15 is 0 Å². The van der Waals surface area contributed by atoms with Gasteiger partial charge in [0.25, 0.3) is 5.56 Å². The Labute approximate surface area is 160 Å². The van der Waals surface area contributed by atoms with E-state index in [9.17, 15) is 19.1 Å². The fourth-order valence-electron chi connectivity index (χ4n) is 3.01. The molecule has 0 radical (unpaired) electrons. The van der Waals surface area contributed by atoms with Crippen LogP contribution in [0, 0.1) is 19.7 Å². The van der Waals surface area contributed by atoms with Crippen molar-refractivity contribution in [3.8, 4) is 11.6 Å². The highest BCUT2D eigenvalue weighted by Gasteiger charge is 2.18. The minimum Gasteiger partial charge on any atom is -0.493 e. The van der Waals surface area contributed by atoms with Gasteiger partial charge in [0.05, 0.1) is 17.9 Å². The van der Waals surface area contributed by atoms with Gasteiger partial charge in [0, 0.05) is 0 Å². The SMILES string of the molecule is CC(=NCc1ccc(F)cc1)c1c(O)n(-c2ccc(C)cc2C)c(=O)[nH]c1=O. The number of H-pyrrole nitrogens is 1. The molecule has 1 heterocycles. The Morgan fingerprint density at radius 1 is 1.14 bits per heavy atom. The number of aromatic hydroxyl groups is 1. The molecule has 3 aromatic rings. The maximum Gasteiger partial charge on any atom is 0.335 e. The predicted molar refractivity (Wildman–Crippen MR) is 106 cm³/mol. The number of halogens is 1. The third-order valence-corrected chi connectivity index (χ3v) is 4.45. The van der Waals surface area contributed by atoms with Crippen LogP contribution in [-0.4, -0.2) is 20.4 Å². The third-order valence-electron chi connectivity index (χ3n) is 4.45. The van der Waals surface area contributed by atoms with Crippen LogP contribution in [0.25, 0.3) is 5.69 Å². The van der Waals surface area contributed by atoms with Gasteiger partial charge in [-0.25, -0.2) is 13.8 Å². The Morgan fingerprint density at radius 3 is 2.46 bits per heavy atom. The number of aromatic nitrogens is 2. The zero-order chi connectivity index (χ0) is 20.4. The number of nitrogens with one attached hydrogen (secondary N) is 1. The van der Waals surface area contributed by atoms with Gasteiger partial charge < -0.3 is 5.11 Å². The molecule has 28 heavy (non-hydrogen) atoms. The van der Waals surface area contributed by atoms with E-state index in [1.165, 1.54) is 12.1 Å². The molecule has 0 bridgehead atoms. The molecule has 0 aliphatic carbocycles. The van der Waals surface area contributed by atoms with Crippen LogP contribution < -0.4 is 11.2 Å². The Morgan fingerprint density at radius 2 is 1.82 bits per heavy atom. The van der Waals surface area contributed by atoms with Crippen molar-refractivity contribution in [3.63, 3.8) is 0 Å². The van der Waals surface area contributed by atoms with Crippen molar-refractivity contribution in [3.05, 3.63) is 91.4 Å². The van der Waals surface area contributed by atoms with Crippen LogP contribution in [0.2, 0.25) is 0 Å². The summed E-state index contributed by atoms with van der Waals surface area (Å²) in [6.07, 6.45) is 0. The second-order valence-electron chi connectivity index (χ2n) is 6.61. The summed E-state index contributed by atoms with van der Waals surface area (Å²) in [5, 5.41) is 10.7. The molecular formula is C21H20FN3O3. The molecule has 0 unspecified atom stereocenters. The van der Waals surface area contributed by atoms with Crippen molar-refractivity contribution in [2.75, 3.05) is 0 Å². The van der Waals surface area contributed by atoms with Gasteiger partial charge in [-0.2, -0.15) is 0 Å². The van der Waals surface area contributed by atoms with Crippen molar-refractivity contribution in [2.24, 2.45) is 4.99 Å². The highest BCUT2D eigenvalue weighted by molar-refractivity contribution is 6.00. The van der Waals surface area contributed by atoms with Gasteiger partial charge in [0.15, 0.2) is 0 Å². The van der Waals surface area contributed by atoms with Gasteiger partial charge in [0.1, 0.15) is 11.4 Å². The lowest BCUT2D eigenvalue weighted by molar-refractivity contribution is 0.429. The lowest BCUT2D eigenvalue weighted by atomic mass is 10.1. The van der Waals surface area contributed by atoms with E-state index in [1.54, 1.807) is 25.1 Å². The predicted octanol–water partition coefficient (Wildman–Crippen LogP) is 3.00. The fourth-order valence-corrected chi connectivity index (χ4v) is 3.01. The van der Waals surface area contributed by atoms with Gasteiger partial charge in [0.2, 0.25) is 5.88 Å².